The number of aliphatic imine (C=N–C) groups is 1. The standard InChI is InChI=1S/C23H31N3O3/c1-4-28-20-13-12-19(15-21(20)27-3)26-23(24-2)25-16-18-11-8-14-29-22(18)17-9-6-5-7-10-17/h5-7,9-10,12-13,15,18,22H,4,8,11,14,16H2,1-3H3,(H2,24,25,26). The van der Waals surface area contributed by atoms with Crippen LogP contribution in [0.25, 0.3) is 0 Å². The first kappa shape index (κ1) is 21.0. The van der Waals surface area contributed by atoms with Crippen molar-refractivity contribution < 1.29 is 14.2 Å². The molecular weight excluding hydrogens is 366 g/mol. The Hall–Kier alpha value is -2.73. The first-order valence-electron chi connectivity index (χ1n) is 10.2. The van der Waals surface area contributed by atoms with Crippen molar-refractivity contribution in [2.24, 2.45) is 10.9 Å². The van der Waals surface area contributed by atoms with Crippen LogP contribution in [0.4, 0.5) is 5.69 Å². The number of methoxy groups -OCH3 is 1. The van der Waals surface area contributed by atoms with Gasteiger partial charge in [0.25, 0.3) is 0 Å². The van der Waals surface area contributed by atoms with Gasteiger partial charge < -0.3 is 24.8 Å². The van der Waals surface area contributed by atoms with E-state index in [0.717, 1.165) is 37.4 Å². The molecule has 29 heavy (non-hydrogen) atoms. The Morgan fingerprint density at radius 2 is 2.00 bits per heavy atom. The Morgan fingerprint density at radius 3 is 2.72 bits per heavy atom. The minimum atomic E-state index is 0.112. The number of nitrogens with one attached hydrogen (secondary N) is 2. The molecule has 156 valence electrons. The number of hydrogen-bond donors (Lipinski definition) is 2. The van der Waals surface area contributed by atoms with Crippen LogP contribution in [0.2, 0.25) is 0 Å². The molecule has 0 aromatic heterocycles. The lowest BCUT2D eigenvalue weighted by Crippen LogP contribution is -2.38. The van der Waals surface area contributed by atoms with Gasteiger partial charge in [0.2, 0.25) is 0 Å². The third-order valence-corrected chi connectivity index (χ3v) is 5.05. The highest BCUT2D eigenvalue weighted by atomic mass is 16.5. The minimum Gasteiger partial charge on any atom is -0.493 e. The summed E-state index contributed by atoms with van der Waals surface area (Å²) in [6.07, 6.45) is 2.32. The molecule has 1 fully saturated rings. The summed E-state index contributed by atoms with van der Waals surface area (Å²) in [4.78, 5) is 4.36. The number of anilines is 1. The van der Waals surface area contributed by atoms with Crippen molar-refractivity contribution in [2.45, 2.75) is 25.9 Å². The van der Waals surface area contributed by atoms with Crippen molar-refractivity contribution in [3.05, 3.63) is 54.1 Å². The maximum atomic E-state index is 6.10. The van der Waals surface area contributed by atoms with E-state index in [-0.39, 0.29) is 6.10 Å². The van der Waals surface area contributed by atoms with Crippen molar-refractivity contribution in [2.75, 3.05) is 39.2 Å². The molecule has 0 saturated carbocycles. The molecule has 2 aromatic rings. The minimum absolute atomic E-state index is 0.112. The summed E-state index contributed by atoms with van der Waals surface area (Å²) in [5.74, 6) is 2.53. The molecule has 2 aromatic carbocycles. The number of ether oxygens (including phenoxy) is 3. The fourth-order valence-corrected chi connectivity index (χ4v) is 3.63. The van der Waals surface area contributed by atoms with E-state index in [2.05, 4.69) is 39.9 Å². The number of benzene rings is 2. The topological polar surface area (TPSA) is 64.1 Å². The molecule has 1 heterocycles. The second-order valence-corrected chi connectivity index (χ2v) is 6.98. The van der Waals surface area contributed by atoms with Crippen LogP contribution in [0.1, 0.15) is 31.4 Å². The Morgan fingerprint density at radius 1 is 1.17 bits per heavy atom. The molecule has 0 spiro atoms. The van der Waals surface area contributed by atoms with Crippen LogP contribution in [-0.2, 0) is 4.74 Å². The van der Waals surface area contributed by atoms with Crippen LogP contribution >= 0.6 is 0 Å². The lowest BCUT2D eigenvalue weighted by molar-refractivity contribution is -0.0264. The Kier molecular flexibility index (Phi) is 7.76. The molecule has 0 aliphatic carbocycles. The van der Waals surface area contributed by atoms with Crippen LogP contribution in [0.15, 0.2) is 53.5 Å². The summed E-state index contributed by atoms with van der Waals surface area (Å²) >= 11 is 0. The van der Waals surface area contributed by atoms with Crippen LogP contribution in [0.5, 0.6) is 11.5 Å². The highest BCUT2D eigenvalue weighted by Crippen LogP contribution is 2.33. The molecule has 6 nitrogen and oxygen atoms in total. The summed E-state index contributed by atoms with van der Waals surface area (Å²) in [7, 11) is 3.41. The largest absolute Gasteiger partial charge is 0.493 e. The van der Waals surface area contributed by atoms with E-state index in [1.54, 1.807) is 14.2 Å². The van der Waals surface area contributed by atoms with Crippen LogP contribution in [-0.4, -0.2) is 39.9 Å². The molecule has 1 saturated heterocycles. The van der Waals surface area contributed by atoms with Crippen molar-refractivity contribution in [3.63, 3.8) is 0 Å². The van der Waals surface area contributed by atoms with Gasteiger partial charge in [0.1, 0.15) is 0 Å². The number of rotatable bonds is 7. The SMILES string of the molecule is CCOc1ccc(NC(=NC)NCC2CCCOC2c2ccccc2)cc1OC. The van der Waals surface area contributed by atoms with Gasteiger partial charge in [-0.2, -0.15) is 0 Å². The summed E-state index contributed by atoms with van der Waals surface area (Å²) in [5.41, 5.74) is 2.12. The van der Waals surface area contributed by atoms with E-state index in [1.807, 2.05) is 31.2 Å². The monoisotopic (exact) mass is 397 g/mol. The van der Waals surface area contributed by atoms with E-state index in [0.29, 0.717) is 24.2 Å². The second-order valence-electron chi connectivity index (χ2n) is 6.98. The molecule has 1 aliphatic rings. The van der Waals surface area contributed by atoms with Crippen molar-refractivity contribution >= 4 is 11.6 Å². The first-order chi connectivity index (χ1) is 14.2. The van der Waals surface area contributed by atoms with E-state index < -0.39 is 0 Å². The van der Waals surface area contributed by atoms with Gasteiger partial charge >= 0.3 is 0 Å². The number of guanidine groups is 1. The lowest BCUT2D eigenvalue weighted by Gasteiger charge is -2.32. The fraction of sp³-hybridized carbons (Fsp3) is 0.435. The smallest absolute Gasteiger partial charge is 0.195 e. The van der Waals surface area contributed by atoms with Gasteiger partial charge in [0.05, 0.1) is 19.8 Å². The molecule has 1 aliphatic heterocycles. The van der Waals surface area contributed by atoms with Gasteiger partial charge in [0.15, 0.2) is 17.5 Å². The zero-order valence-electron chi connectivity index (χ0n) is 17.5. The average molecular weight is 398 g/mol. The van der Waals surface area contributed by atoms with E-state index in [4.69, 9.17) is 14.2 Å². The van der Waals surface area contributed by atoms with Gasteiger partial charge in [0, 0.05) is 37.9 Å². The van der Waals surface area contributed by atoms with Crippen LogP contribution in [0.3, 0.4) is 0 Å². The summed E-state index contributed by atoms with van der Waals surface area (Å²) in [6, 6.07) is 16.2. The number of hydrogen-bond acceptors (Lipinski definition) is 4. The van der Waals surface area contributed by atoms with Gasteiger partial charge in [-0.1, -0.05) is 30.3 Å². The van der Waals surface area contributed by atoms with Gasteiger partial charge in [-0.05, 0) is 37.5 Å². The molecular formula is C23H31N3O3. The lowest BCUT2D eigenvalue weighted by atomic mass is 9.89. The van der Waals surface area contributed by atoms with E-state index >= 15 is 0 Å². The fourth-order valence-electron chi connectivity index (χ4n) is 3.63. The molecule has 0 bridgehead atoms. The van der Waals surface area contributed by atoms with Gasteiger partial charge in [-0.25, -0.2) is 0 Å². The maximum absolute atomic E-state index is 6.10. The molecule has 2 unspecified atom stereocenters. The molecule has 0 radical (unpaired) electrons. The Bertz CT molecular complexity index is 795. The summed E-state index contributed by atoms with van der Waals surface area (Å²) in [5, 5.41) is 6.78. The number of nitrogens with zero attached hydrogens (tertiary/aromatic N) is 1. The van der Waals surface area contributed by atoms with Gasteiger partial charge in [-0.15, -0.1) is 0 Å². The molecule has 2 N–H and O–H groups in total. The predicted molar refractivity (Wildman–Crippen MR) is 117 cm³/mol. The predicted octanol–water partition coefficient (Wildman–Crippen LogP) is 4.25. The molecule has 0 amide bonds. The summed E-state index contributed by atoms with van der Waals surface area (Å²) < 4.78 is 17.1. The van der Waals surface area contributed by atoms with Crippen molar-refractivity contribution in [3.8, 4) is 11.5 Å². The Labute approximate surface area is 173 Å². The third kappa shape index (κ3) is 5.64. The summed E-state index contributed by atoms with van der Waals surface area (Å²) in [6.45, 7) is 4.15. The van der Waals surface area contributed by atoms with Crippen LogP contribution in [0, 0.1) is 5.92 Å². The Balaban J connectivity index is 1.62. The molecule has 2 atom stereocenters. The van der Waals surface area contributed by atoms with E-state index in [9.17, 15) is 0 Å². The normalized spacial score (nSPS) is 19.5. The zero-order chi connectivity index (χ0) is 20.5. The first-order valence-corrected chi connectivity index (χ1v) is 10.2. The maximum Gasteiger partial charge on any atom is 0.195 e. The second kappa shape index (κ2) is 10.7. The average Bonchev–Trinajstić information content (AvgIpc) is 2.78. The highest BCUT2D eigenvalue weighted by Gasteiger charge is 2.27. The zero-order valence-corrected chi connectivity index (χ0v) is 17.5. The van der Waals surface area contributed by atoms with Crippen molar-refractivity contribution in [1.82, 2.24) is 5.32 Å². The van der Waals surface area contributed by atoms with Gasteiger partial charge in [-0.3, -0.25) is 4.99 Å². The highest BCUT2D eigenvalue weighted by molar-refractivity contribution is 5.93. The van der Waals surface area contributed by atoms with E-state index in [1.165, 1.54) is 5.56 Å². The third-order valence-electron chi connectivity index (χ3n) is 5.05. The molecule has 3 rings (SSSR count). The quantitative estimate of drug-likeness (QED) is 0.540. The van der Waals surface area contributed by atoms with Crippen LogP contribution < -0.4 is 20.1 Å². The van der Waals surface area contributed by atoms with Crippen molar-refractivity contribution in [1.29, 1.82) is 0 Å². The molecule has 6 heteroatoms.